The largest absolute Gasteiger partial charge is 0.331 e. The molecule has 0 unspecified atom stereocenters. The molecule has 1 nitrogen and oxygen atoms in total. The minimum atomic E-state index is -7.22. The van der Waals surface area contributed by atoms with Crippen LogP contribution in [0.5, 0.6) is 0 Å². The van der Waals surface area contributed by atoms with E-state index in [1.807, 2.05) is 0 Å². The summed E-state index contributed by atoms with van der Waals surface area (Å²) in [6, 6.07) is 10.4. The molecule has 0 aromatic heterocycles. The van der Waals surface area contributed by atoms with E-state index in [1.54, 1.807) is 4.90 Å². The van der Waals surface area contributed by atoms with Gasteiger partial charge < -0.3 is 4.90 Å². The Morgan fingerprint density at radius 3 is 0.738 bits per heavy atom. The molecule has 0 aliphatic rings. The van der Waals surface area contributed by atoms with Crippen molar-refractivity contribution in [1.82, 2.24) is 0 Å². The van der Waals surface area contributed by atoms with Crippen molar-refractivity contribution in [2.75, 3.05) is 6.54 Å². The Bertz CT molecular complexity index is 2110. The first-order chi connectivity index (χ1) is 28.2. The van der Waals surface area contributed by atoms with Crippen LogP contribution in [-0.2, 0) is 6.42 Å². The van der Waals surface area contributed by atoms with Crippen LogP contribution in [0.2, 0.25) is 0 Å². The van der Waals surface area contributed by atoms with Crippen molar-refractivity contribution in [3.63, 3.8) is 0 Å². The summed E-state index contributed by atoms with van der Waals surface area (Å²) in [6.45, 7) is 12.6. The first-order valence-electron chi connectivity index (χ1n) is 17.3. The fourth-order valence-corrected chi connectivity index (χ4v) is 7.16. The van der Waals surface area contributed by atoms with E-state index in [0.717, 1.165) is 0 Å². The third kappa shape index (κ3) is 8.02. The molecule has 0 heterocycles. The second-order valence-corrected chi connectivity index (χ2v) is 14.2. The molecule has 0 amide bonds. The molecule has 1 N–H and O–H groups in total. The number of benzene rings is 5. The maximum atomic E-state index is 15.4. The summed E-state index contributed by atoms with van der Waals surface area (Å²) in [5.41, 5.74) is -11.5. The van der Waals surface area contributed by atoms with Crippen LogP contribution in [-0.4, -0.2) is 24.8 Å². The Morgan fingerprint density at radius 2 is 0.541 bits per heavy atom. The molecule has 5 rings (SSSR count). The predicted octanol–water partition coefficient (Wildman–Crippen LogP) is 8.09. The molecule has 5 aromatic carbocycles. The van der Waals surface area contributed by atoms with E-state index in [4.69, 9.17) is 0 Å². The van der Waals surface area contributed by atoms with Crippen LogP contribution >= 0.6 is 0 Å². The number of rotatable bonds is 9. The summed E-state index contributed by atoms with van der Waals surface area (Å²) in [5, 5.41) is 0. The Hall–Kier alpha value is -5.28. The molecule has 0 saturated heterocycles. The standard InChI is InChI=1S/C24BF20.C15H25N/c26-5-1(6(27)14(35)21(42)13(5)34)25(2-7(28)15(36)22(43)16(37)8(2)29,3-9(30)17(38)23(44)18(39)10(3)31)4-11(32)19(40)24(45)20(41)12(4)33;1-12(2)16(13(3)4)11-10-15-8-6-14(5)7-9-15/h;6-9,12-13H,10-11H2,1-5H3/q-1;/p+1. The van der Waals surface area contributed by atoms with Crippen molar-refractivity contribution in [3.8, 4) is 0 Å². The molecule has 0 aliphatic carbocycles. The highest BCUT2D eigenvalue weighted by molar-refractivity contribution is 7.20. The molecule has 0 spiro atoms. The smallest absolute Gasteiger partial charge is 0.200 e. The van der Waals surface area contributed by atoms with Crippen molar-refractivity contribution in [1.29, 1.82) is 0 Å². The SMILES string of the molecule is Cc1ccc(CC[NH+](C(C)C)C(C)C)cc1.Fc1c(F)c(F)c([B-](c2c(F)c(F)c(F)c(F)c2F)(c2c(F)c(F)c(F)c(F)c2F)c2c(F)c(F)c(F)c(F)c2F)c(F)c1F. The van der Waals surface area contributed by atoms with Gasteiger partial charge in [-0.2, -0.15) is 0 Å². The van der Waals surface area contributed by atoms with E-state index in [2.05, 4.69) is 58.9 Å². The van der Waals surface area contributed by atoms with Crippen molar-refractivity contribution in [3.05, 3.63) is 152 Å². The van der Waals surface area contributed by atoms with Gasteiger partial charge in [0, 0.05) is 6.42 Å². The minimum Gasteiger partial charge on any atom is -0.331 e. The molecule has 0 saturated carbocycles. The fraction of sp³-hybridized carbons (Fsp3) is 0.231. The van der Waals surface area contributed by atoms with Crippen LogP contribution in [0.15, 0.2) is 24.3 Å². The van der Waals surface area contributed by atoms with Gasteiger partial charge in [0.2, 0.25) is 0 Å². The number of hydrogen-bond acceptors (Lipinski definition) is 0. The Labute approximate surface area is 332 Å². The van der Waals surface area contributed by atoms with Gasteiger partial charge in [-0.25, -0.2) is 87.8 Å². The van der Waals surface area contributed by atoms with Gasteiger partial charge in [0.05, 0.1) is 18.6 Å². The number of aryl methyl sites for hydroxylation is 1. The molecule has 22 heteroatoms. The van der Waals surface area contributed by atoms with Gasteiger partial charge in [-0.15, -0.1) is 21.9 Å². The predicted molar refractivity (Wildman–Crippen MR) is 180 cm³/mol. The lowest BCUT2D eigenvalue weighted by molar-refractivity contribution is -0.942. The monoisotopic (exact) mass is 899 g/mol. The third-order valence-corrected chi connectivity index (χ3v) is 10.0. The highest BCUT2D eigenvalue weighted by Crippen LogP contribution is 2.30. The highest BCUT2D eigenvalue weighted by Gasteiger charge is 2.52. The second kappa shape index (κ2) is 18.0. The number of hydrogen-bond donors (Lipinski definition) is 1. The van der Waals surface area contributed by atoms with Gasteiger partial charge in [0.1, 0.15) is 52.7 Å². The van der Waals surface area contributed by atoms with Gasteiger partial charge >= 0.3 is 0 Å². The van der Waals surface area contributed by atoms with Crippen LogP contribution in [0.25, 0.3) is 0 Å². The zero-order chi connectivity index (χ0) is 46.5. The molecule has 61 heavy (non-hydrogen) atoms. The van der Waals surface area contributed by atoms with Crippen LogP contribution < -0.4 is 26.8 Å². The van der Waals surface area contributed by atoms with E-state index in [9.17, 15) is 52.7 Å². The lowest BCUT2D eigenvalue weighted by atomic mass is 9.12. The first-order valence-corrected chi connectivity index (χ1v) is 17.3. The summed E-state index contributed by atoms with van der Waals surface area (Å²) in [5.74, 6) is -71.4. The van der Waals surface area contributed by atoms with E-state index < -0.39 is 144 Å². The van der Waals surface area contributed by atoms with Crippen molar-refractivity contribution in [2.45, 2.75) is 53.1 Å². The fourth-order valence-electron chi connectivity index (χ4n) is 7.16. The van der Waals surface area contributed by atoms with Gasteiger partial charge in [-0.1, -0.05) is 29.8 Å². The average molecular weight is 899 g/mol. The number of nitrogens with one attached hydrogen (secondary N) is 1. The topological polar surface area (TPSA) is 4.44 Å². The van der Waals surface area contributed by atoms with Crippen LogP contribution in [0.3, 0.4) is 0 Å². The van der Waals surface area contributed by atoms with E-state index in [1.165, 1.54) is 24.1 Å². The van der Waals surface area contributed by atoms with Gasteiger partial charge in [0.15, 0.2) is 69.8 Å². The molecule has 0 atom stereocenters. The van der Waals surface area contributed by atoms with E-state index >= 15 is 35.1 Å². The lowest BCUT2D eigenvalue weighted by Crippen LogP contribution is -3.18. The van der Waals surface area contributed by atoms with Crippen LogP contribution in [0.1, 0.15) is 38.8 Å². The maximum absolute atomic E-state index is 15.4. The van der Waals surface area contributed by atoms with Gasteiger partial charge in [0.25, 0.3) is 0 Å². The van der Waals surface area contributed by atoms with Crippen LogP contribution in [0, 0.1) is 123 Å². The zero-order valence-electron chi connectivity index (χ0n) is 31.5. The maximum Gasteiger partial charge on any atom is 0.200 e. The Balaban J connectivity index is 0.000000430. The van der Waals surface area contributed by atoms with Crippen molar-refractivity contribution < 1.29 is 92.7 Å². The number of halogens is 20. The summed E-state index contributed by atoms with van der Waals surface area (Å²) in [4.78, 5) is 1.69. The molecular formula is C39H26BF20N. The van der Waals surface area contributed by atoms with E-state index in [-0.39, 0.29) is 0 Å². The summed E-state index contributed by atoms with van der Waals surface area (Å²) in [6.07, 6.45) is -6.03. The summed E-state index contributed by atoms with van der Waals surface area (Å²) >= 11 is 0. The quantitative estimate of drug-likeness (QED) is 0.0662. The third-order valence-electron chi connectivity index (χ3n) is 10.0. The Morgan fingerprint density at radius 1 is 0.344 bits per heavy atom. The average Bonchev–Trinajstić information content (AvgIpc) is 3.21. The van der Waals surface area contributed by atoms with Crippen LogP contribution in [0.4, 0.5) is 87.8 Å². The van der Waals surface area contributed by atoms with Gasteiger partial charge in [-0.05, 0) is 40.2 Å². The molecule has 330 valence electrons. The summed E-state index contributed by atoms with van der Waals surface area (Å²) in [7, 11) is 0. The summed E-state index contributed by atoms with van der Waals surface area (Å²) < 4.78 is 294. The molecule has 0 aliphatic heterocycles. The van der Waals surface area contributed by atoms with E-state index in [0.29, 0.717) is 12.1 Å². The molecule has 0 bridgehead atoms. The Kier molecular flexibility index (Phi) is 14.3. The molecule has 0 fully saturated rings. The molecule has 0 radical (unpaired) electrons. The first kappa shape index (κ1) is 48.4. The molecule has 5 aromatic rings. The molecular weight excluding hydrogens is 873 g/mol. The second-order valence-electron chi connectivity index (χ2n) is 14.2. The minimum absolute atomic E-state index is 0.713. The zero-order valence-corrected chi connectivity index (χ0v) is 31.5. The normalized spacial score (nSPS) is 11.9. The highest BCUT2D eigenvalue weighted by atomic mass is 19.2. The number of quaternary nitrogens is 1. The van der Waals surface area contributed by atoms with Gasteiger partial charge in [-0.3, -0.25) is 0 Å². The van der Waals surface area contributed by atoms with Crippen molar-refractivity contribution >= 4 is 28.0 Å². The van der Waals surface area contributed by atoms with Crippen molar-refractivity contribution in [2.24, 2.45) is 0 Å². The lowest BCUT2D eigenvalue weighted by Gasteiger charge is -2.44.